The zero-order valence-corrected chi connectivity index (χ0v) is 11.2. The van der Waals surface area contributed by atoms with Gasteiger partial charge >= 0.3 is 0 Å². The Morgan fingerprint density at radius 3 is 2.41 bits per heavy atom. The minimum atomic E-state index is 0.155. The highest BCUT2D eigenvalue weighted by Gasteiger charge is 2.18. The molecule has 0 aliphatic carbocycles. The highest BCUT2D eigenvalue weighted by molar-refractivity contribution is 5.64. The highest BCUT2D eigenvalue weighted by atomic mass is 15.4. The predicted molar refractivity (Wildman–Crippen MR) is 69.9 cm³/mol. The topological polar surface area (TPSA) is 30.7 Å². The lowest BCUT2D eigenvalue weighted by molar-refractivity contribution is 0.586. The summed E-state index contributed by atoms with van der Waals surface area (Å²) in [7, 11) is 1.84. The van der Waals surface area contributed by atoms with Gasteiger partial charge in [-0.25, -0.2) is 0 Å². The van der Waals surface area contributed by atoms with E-state index in [1.807, 2.05) is 13.2 Å². The van der Waals surface area contributed by atoms with Gasteiger partial charge in [-0.15, -0.1) is 0 Å². The largest absolute Gasteiger partial charge is 0.187 e. The van der Waals surface area contributed by atoms with E-state index < -0.39 is 0 Å². The van der Waals surface area contributed by atoms with Crippen molar-refractivity contribution >= 4 is 0 Å². The van der Waals surface area contributed by atoms with Crippen LogP contribution in [0.15, 0.2) is 24.4 Å². The van der Waals surface area contributed by atoms with Crippen molar-refractivity contribution in [3.8, 4) is 11.3 Å². The third kappa shape index (κ3) is 2.23. The van der Waals surface area contributed by atoms with E-state index in [2.05, 4.69) is 56.1 Å². The quantitative estimate of drug-likeness (QED) is 0.752. The normalized spacial score (nSPS) is 11.8. The van der Waals surface area contributed by atoms with Gasteiger partial charge in [-0.3, -0.25) is 0 Å². The number of aromatic nitrogens is 3. The lowest BCUT2D eigenvalue weighted by Gasteiger charge is -2.22. The van der Waals surface area contributed by atoms with Gasteiger partial charge in [0.15, 0.2) is 0 Å². The summed E-state index contributed by atoms with van der Waals surface area (Å²) in [6, 6.07) is 6.39. The number of hydrogen-bond donors (Lipinski definition) is 0. The van der Waals surface area contributed by atoms with Crippen molar-refractivity contribution in [3.63, 3.8) is 0 Å². The molecule has 17 heavy (non-hydrogen) atoms. The second-order valence-corrected chi connectivity index (χ2v) is 5.45. The van der Waals surface area contributed by atoms with E-state index in [9.17, 15) is 0 Å². The summed E-state index contributed by atoms with van der Waals surface area (Å²) in [6.07, 6.45) is 1.81. The first-order chi connectivity index (χ1) is 7.89. The lowest BCUT2D eigenvalue weighted by atomic mass is 9.82. The molecule has 1 aromatic heterocycles. The van der Waals surface area contributed by atoms with Crippen molar-refractivity contribution in [2.24, 2.45) is 7.05 Å². The average molecular weight is 229 g/mol. The van der Waals surface area contributed by atoms with Crippen molar-refractivity contribution in [1.29, 1.82) is 0 Å². The minimum absolute atomic E-state index is 0.155. The molecule has 0 spiro atoms. The van der Waals surface area contributed by atoms with Crippen LogP contribution in [0.25, 0.3) is 11.3 Å². The second kappa shape index (κ2) is 3.99. The van der Waals surface area contributed by atoms with Crippen LogP contribution in [0, 0.1) is 6.92 Å². The molecule has 0 bridgehead atoms. The van der Waals surface area contributed by atoms with Crippen LogP contribution in [0.4, 0.5) is 0 Å². The van der Waals surface area contributed by atoms with E-state index in [0.29, 0.717) is 0 Å². The van der Waals surface area contributed by atoms with Crippen LogP contribution in [-0.4, -0.2) is 15.0 Å². The Bertz CT molecular complexity index is 533. The zero-order chi connectivity index (χ0) is 12.6. The zero-order valence-electron chi connectivity index (χ0n) is 11.2. The van der Waals surface area contributed by atoms with Crippen LogP contribution < -0.4 is 0 Å². The molecule has 0 fully saturated rings. The first kappa shape index (κ1) is 11.8. The Balaban J connectivity index is 2.57. The van der Waals surface area contributed by atoms with Crippen molar-refractivity contribution < 1.29 is 0 Å². The number of rotatable bonds is 1. The number of aryl methyl sites for hydroxylation is 1. The summed E-state index contributed by atoms with van der Waals surface area (Å²) in [5.74, 6) is 0. The molecular weight excluding hydrogens is 210 g/mol. The molecule has 3 nitrogen and oxygen atoms in total. The van der Waals surface area contributed by atoms with Crippen molar-refractivity contribution in [3.05, 3.63) is 35.5 Å². The maximum atomic E-state index is 4.37. The summed E-state index contributed by atoms with van der Waals surface area (Å²) in [5, 5.41) is 8.50. The Labute approximate surface area is 102 Å². The maximum Gasteiger partial charge on any atom is 0.113 e. The average Bonchev–Trinajstić information content (AvgIpc) is 2.63. The Kier molecular flexibility index (Phi) is 2.77. The van der Waals surface area contributed by atoms with E-state index in [1.165, 1.54) is 16.7 Å². The number of hydrogen-bond acceptors (Lipinski definition) is 2. The SMILES string of the molecule is Cc1c(-c2cnn(C)n2)cccc1C(C)(C)C. The van der Waals surface area contributed by atoms with Crippen LogP contribution in [-0.2, 0) is 12.5 Å². The summed E-state index contributed by atoms with van der Waals surface area (Å²) in [5.41, 5.74) is 4.92. The molecule has 1 aromatic carbocycles. The molecule has 90 valence electrons. The molecule has 2 aromatic rings. The van der Waals surface area contributed by atoms with Crippen LogP contribution in [0.5, 0.6) is 0 Å². The van der Waals surface area contributed by atoms with Crippen molar-refractivity contribution in [1.82, 2.24) is 15.0 Å². The Morgan fingerprint density at radius 1 is 1.18 bits per heavy atom. The van der Waals surface area contributed by atoms with Crippen LogP contribution in [0.3, 0.4) is 0 Å². The number of benzene rings is 1. The Morgan fingerprint density at radius 2 is 1.88 bits per heavy atom. The fraction of sp³-hybridized carbons (Fsp3) is 0.429. The van der Waals surface area contributed by atoms with Crippen molar-refractivity contribution in [2.45, 2.75) is 33.1 Å². The van der Waals surface area contributed by atoms with Gasteiger partial charge in [0.05, 0.1) is 6.20 Å². The van der Waals surface area contributed by atoms with Gasteiger partial charge in [-0.1, -0.05) is 39.0 Å². The van der Waals surface area contributed by atoms with E-state index in [1.54, 1.807) is 4.80 Å². The first-order valence-corrected chi connectivity index (χ1v) is 5.86. The van der Waals surface area contributed by atoms with Crippen LogP contribution in [0.2, 0.25) is 0 Å². The van der Waals surface area contributed by atoms with E-state index in [-0.39, 0.29) is 5.41 Å². The first-order valence-electron chi connectivity index (χ1n) is 5.86. The summed E-state index contributed by atoms with van der Waals surface area (Å²) in [6.45, 7) is 8.85. The minimum Gasteiger partial charge on any atom is -0.187 e. The summed E-state index contributed by atoms with van der Waals surface area (Å²) >= 11 is 0. The lowest BCUT2D eigenvalue weighted by Crippen LogP contribution is -2.13. The molecule has 0 atom stereocenters. The van der Waals surface area contributed by atoms with Gasteiger partial charge in [-0.2, -0.15) is 15.0 Å². The molecule has 0 radical (unpaired) electrons. The molecule has 3 heteroatoms. The summed E-state index contributed by atoms with van der Waals surface area (Å²) < 4.78 is 0. The van der Waals surface area contributed by atoms with Gasteiger partial charge in [-0.05, 0) is 23.5 Å². The summed E-state index contributed by atoms with van der Waals surface area (Å²) in [4.78, 5) is 1.60. The fourth-order valence-corrected chi connectivity index (χ4v) is 2.19. The predicted octanol–water partition coefficient (Wildman–Crippen LogP) is 3.09. The molecule has 0 saturated carbocycles. The van der Waals surface area contributed by atoms with E-state index in [0.717, 1.165) is 5.69 Å². The monoisotopic (exact) mass is 229 g/mol. The fourth-order valence-electron chi connectivity index (χ4n) is 2.19. The Hall–Kier alpha value is -1.64. The van der Waals surface area contributed by atoms with Gasteiger partial charge in [0, 0.05) is 12.6 Å². The molecule has 0 aliphatic heterocycles. The molecule has 0 aliphatic rings. The van der Waals surface area contributed by atoms with Gasteiger partial charge in [0.25, 0.3) is 0 Å². The third-order valence-corrected chi connectivity index (χ3v) is 3.02. The molecule has 1 heterocycles. The molecule has 0 unspecified atom stereocenters. The highest BCUT2D eigenvalue weighted by Crippen LogP contribution is 2.31. The van der Waals surface area contributed by atoms with Gasteiger partial charge in [0.2, 0.25) is 0 Å². The third-order valence-electron chi connectivity index (χ3n) is 3.02. The number of nitrogens with zero attached hydrogens (tertiary/aromatic N) is 3. The maximum absolute atomic E-state index is 4.37. The van der Waals surface area contributed by atoms with Crippen LogP contribution >= 0.6 is 0 Å². The van der Waals surface area contributed by atoms with Crippen LogP contribution in [0.1, 0.15) is 31.9 Å². The molecule has 0 N–H and O–H groups in total. The smallest absolute Gasteiger partial charge is 0.113 e. The van der Waals surface area contributed by atoms with E-state index >= 15 is 0 Å². The molecule has 0 amide bonds. The molecule has 2 rings (SSSR count). The standard InChI is InChI=1S/C14H19N3/c1-10-11(13-9-15-17(5)16-13)7-6-8-12(10)14(2,3)4/h6-9H,1-5H3. The van der Waals surface area contributed by atoms with E-state index in [4.69, 9.17) is 0 Å². The molecule has 0 saturated heterocycles. The van der Waals surface area contributed by atoms with Gasteiger partial charge < -0.3 is 0 Å². The van der Waals surface area contributed by atoms with Crippen molar-refractivity contribution in [2.75, 3.05) is 0 Å². The molecular formula is C14H19N3. The second-order valence-electron chi connectivity index (χ2n) is 5.45. The van der Waals surface area contributed by atoms with Gasteiger partial charge in [0.1, 0.15) is 5.69 Å².